The zero-order valence-electron chi connectivity index (χ0n) is 7.61. The molecule has 0 spiro atoms. The van der Waals surface area contributed by atoms with Crippen LogP contribution in [0.4, 0.5) is 12.9 Å². The molecule has 15 heavy (non-hydrogen) atoms. The molecule has 0 atom stereocenters. The summed E-state index contributed by atoms with van der Waals surface area (Å²) in [5.41, 5.74) is 0.388. The molecule has 0 radical (unpaired) electrons. The second kappa shape index (κ2) is 3.45. The molecular weight excluding hydrogens is 206 g/mol. The first-order valence-corrected chi connectivity index (χ1v) is 4.34. The number of halogens is 3. The van der Waals surface area contributed by atoms with Gasteiger partial charge in [0.1, 0.15) is 0 Å². The average Bonchev–Trinajstić information content (AvgIpc) is 2.16. The minimum Gasteiger partial charge on any atom is -0.407 e. The van der Waals surface area contributed by atoms with Crippen molar-refractivity contribution >= 4 is 18.1 Å². The highest BCUT2D eigenvalue weighted by atomic mass is 19.4. The van der Waals surface area contributed by atoms with Crippen LogP contribution in [0.5, 0.6) is 0 Å². The van der Waals surface area contributed by atoms with Gasteiger partial charge in [-0.25, -0.2) is 0 Å². The van der Waals surface area contributed by atoms with Gasteiger partial charge in [-0.15, -0.1) is 0 Å². The molecule has 0 aliphatic rings. The highest BCUT2D eigenvalue weighted by Gasteiger charge is 2.34. The van der Waals surface area contributed by atoms with Gasteiger partial charge in [0.05, 0.1) is 5.39 Å². The van der Waals surface area contributed by atoms with Crippen LogP contribution in [0.25, 0.3) is 10.9 Å². The number of pyridine rings is 1. The molecule has 0 saturated carbocycles. The molecule has 0 N–H and O–H groups in total. The lowest BCUT2D eigenvalue weighted by Gasteiger charge is -2.11. The minimum atomic E-state index is -5.30. The van der Waals surface area contributed by atoms with E-state index >= 15 is 0 Å². The molecule has 0 amide bonds. The lowest BCUT2D eigenvalue weighted by atomic mass is 10.2. The summed E-state index contributed by atoms with van der Waals surface area (Å²) >= 11 is 0. The van der Waals surface area contributed by atoms with E-state index in [1.54, 1.807) is 30.3 Å². The van der Waals surface area contributed by atoms with Crippen LogP contribution in [-0.4, -0.2) is 7.18 Å². The highest BCUT2D eigenvalue weighted by Crippen LogP contribution is 2.09. The lowest BCUT2D eigenvalue weighted by Crippen LogP contribution is -2.52. The fraction of sp³-hybridized carbons (Fsp3) is 0. The van der Waals surface area contributed by atoms with E-state index in [2.05, 4.69) is 4.76 Å². The second-order valence-electron chi connectivity index (χ2n) is 3.01. The Labute approximate surface area is 83.9 Å². The first-order valence-electron chi connectivity index (χ1n) is 4.34. The van der Waals surface area contributed by atoms with E-state index in [9.17, 15) is 12.9 Å². The third-order valence-electron chi connectivity index (χ3n) is 1.90. The molecule has 0 saturated heterocycles. The van der Waals surface area contributed by atoms with Crippen molar-refractivity contribution in [3.8, 4) is 0 Å². The van der Waals surface area contributed by atoms with Crippen LogP contribution in [0.15, 0.2) is 42.6 Å². The van der Waals surface area contributed by atoms with Crippen LogP contribution in [0.2, 0.25) is 0 Å². The van der Waals surface area contributed by atoms with Crippen molar-refractivity contribution in [2.75, 3.05) is 0 Å². The van der Waals surface area contributed by atoms with Gasteiger partial charge in [0.25, 0.3) is 5.52 Å². The van der Waals surface area contributed by atoms with Gasteiger partial charge in [0.2, 0.25) is 6.20 Å². The number of aromatic nitrogens is 1. The monoisotopic (exact) mass is 213 g/mol. The molecule has 0 unspecified atom stereocenters. The van der Waals surface area contributed by atoms with Crippen molar-refractivity contribution in [2.24, 2.45) is 0 Å². The first-order chi connectivity index (χ1) is 7.06. The summed E-state index contributed by atoms with van der Waals surface area (Å²) in [7, 11) is -5.30. The molecule has 1 aromatic heterocycles. The average molecular weight is 213 g/mol. The van der Waals surface area contributed by atoms with Crippen molar-refractivity contribution in [1.82, 2.24) is 0 Å². The Morgan fingerprint density at radius 3 is 2.40 bits per heavy atom. The van der Waals surface area contributed by atoms with Crippen LogP contribution in [-0.2, 0) is 0 Å². The maximum Gasteiger partial charge on any atom is 0.752 e. The number of benzene rings is 1. The minimum absolute atomic E-state index is 0.388. The Kier molecular flexibility index (Phi) is 2.26. The summed E-state index contributed by atoms with van der Waals surface area (Å²) in [6.07, 6.45) is 1.23. The van der Waals surface area contributed by atoms with Gasteiger partial charge in [-0.3, -0.25) is 0 Å². The molecule has 2 rings (SSSR count). The number of hydrogen-bond acceptors (Lipinski definition) is 1. The van der Waals surface area contributed by atoms with Gasteiger partial charge >= 0.3 is 7.18 Å². The molecule has 1 aromatic carbocycles. The normalized spacial score (nSPS) is 11.7. The number of fused-ring (bicyclic) bond motifs is 1. The molecule has 6 heteroatoms. The lowest BCUT2D eigenvalue weighted by molar-refractivity contribution is -0.847. The number of hydrogen-bond donors (Lipinski definition) is 0. The van der Waals surface area contributed by atoms with E-state index < -0.39 is 7.18 Å². The Hall–Kier alpha value is -1.72. The van der Waals surface area contributed by atoms with Gasteiger partial charge in [0.15, 0.2) is 0 Å². The maximum absolute atomic E-state index is 12.1. The topological polar surface area (TPSA) is 13.1 Å². The summed E-state index contributed by atoms with van der Waals surface area (Å²) in [5.74, 6) is 0. The zero-order valence-corrected chi connectivity index (χ0v) is 7.61. The fourth-order valence-electron chi connectivity index (χ4n) is 1.36. The van der Waals surface area contributed by atoms with Gasteiger partial charge < -0.3 is 17.7 Å². The van der Waals surface area contributed by atoms with Crippen molar-refractivity contribution in [2.45, 2.75) is 0 Å². The van der Waals surface area contributed by atoms with E-state index in [1.165, 1.54) is 12.3 Å². The van der Waals surface area contributed by atoms with Crippen molar-refractivity contribution < 1.29 is 22.4 Å². The number of nitrogens with zero attached hydrogens (tertiary/aromatic N) is 1. The molecule has 0 bridgehead atoms. The van der Waals surface area contributed by atoms with Crippen LogP contribution in [0.1, 0.15) is 0 Å². The van der Waals surface area contributed by atoms with Crippen LogP contribution < -0.4 is 9.49 Å². The quantitative estimate of drug-likeness (QED) is 0.548. The number of rotatable bonds is 2. The first kappa shape index (κ1) is 9.83. The SMILES string of the molecule is F[B-](F)(F)O[n+]1cccc2ccccc21. The summed E-state index contributed by atoms with van der Waals surface area (Å²) in [4.78, 5) is 0. The van der Waals surface area contributed by atoms with E-state index in [4.69, 9.17) is 0 Å². The van der Waals surface area contributed by atoms with Crippen LogP contribution in [0.3, 0.4) is 0 Å². The van der Waals surface area contributed by atoms with Crippen molar-refractivity contribution in [3.63, 3.8) is 0 Å². The highest BCUT2D eigenvalue weighted by molar-refractivity contribution is 6.50. The molecule has 0 aliphatic carbocycles. The largest absolute Gasteiger partial charge is 0.752 e. The van der Waals surface area contributed by atoms with E-state index in [-0.39, 0.29) is 0 Å². The number of para-hydroxylation sites is 1. The molecule has 2 aromatic rings. The summed E-state index contributed by atoms with van der Waals surface area (Å²) < 4.78 is 40.9. The molecule has 0 fully saturated rings. The predicted octanol–water partition coefficient (Wildman–Crippen LogP) is 1.90. The Balaban J connectivity index is 2.52. The summed E-state index contributed by atoms with van der Waals surface area (Å²) in [5, 5.41) is 0.694. The van der Waals surface area contributed by atoms with Gasteiger partial charge in [-0.05, 0) is 16.9 Å². The molecule has 78 valence electrons. The Bertz CT molecular complexity index is 481. The third-order valence-corrected chi connectivity index (χ3v) is 1.90. The van der Waals surface area contributed by atoms with Gasteiger partial charge in [-0.1, -0.05) is 12.1 Å². The summed E-state index contributed by atoms with van der Waals surface area (Å²) in [6.45, 7) is 0. The fourth-order valence-corrected chi connectivity index (χ4v) is 1.36. The molecule has 0 aliphatic heterocycles. The van der Waals surface area contributed by atoms with E-state index in [0.29, 0.717) is 10.9 Å². The predicted molar refractivity (Wildman–Crippen MR) is 49.8 cm³/mol. The molecular formula is C9H7BF3NO. The molecule has 2 nitrogen and oxygen atoms in total. The second-order valence-corrected chi connectivity index (χ2v) is 3.01. The van der Waals surface area contributed by atoms with Gasteiger partial charge in [0, 0.05) is 12.1 Å². The standard InChI is InChI=1S/C9H7BF3NO/c11-10(12,13)15-14-7-3-5-8-4-1-2-6-9(8)14/h1-7H. The maximum atomic E-state index is 12.1. The smallest absolute Gasteiger partial charge is 0.407 e. The summed E-state index contributed by atoms with van der Waals surface area (Å²) in [6, 6.07) is 9.93. The van der Waals surface area contributed by atoms with E-state index in [0.717, 1.165) is 4.73 Å². The van der Waals surface area contributed by atoms with Gasteiger partial charge in [-0.2, -0.15) is 0 Å². The van der Waals surface area contributed by atoms with Crippen molar-refractivity contribution in [3.05, 3.63) is 42.6 Å². The Morgan fingerprint density at radius 2 is 1.67 bits per heavy atom. The zero-order chi connectivity index (χ0) is 10.9. The van der Waals surface area contributed by atoms with Crippen LogP contribution >= 0.6 is 0 Å². The third kappa shape index (κ3) is 2.20. The Morgan fingerprint density at radius 1 is 1.00 bits per heavy atom. The van der Waals surface area contributed by atoms with E-state index in [1.807, 2.05) is 0 Å². The van der Waals surface area contributed by atoms with Crippen LogP contribution in [0, 0.1) is 0 Å². The molecule has 1 heterocycles. The van der Waals surface area contributed by atoms with Crippen molar-refractivity contribution in [1.29, 1.82) is 0 Å².